The minimum atomic E-state index is -0.0371. The summed E-state index contributed by atoms with van der Waals surface area (Å²) in [6.07, 6.45) is 4.76. The van der Waals surface area contributed by atoms with Crippen LogP contribution < -0.4 is 4.74 Å². The van der Waals surface area contributed by atoms with Crippen LogP contribution in [-0.2, 0) is 0 Å². The molecule has 0 spiro atoms. The smallest absolute Gasteiger partial charge is 0.255 e. The topological polar surface area (TPSA) is 42.4 Å². The van der Waals surface area contributed by atoms with Crippen LogP contribution in [0.15, 0.2) is 42.7 Å². The summed E-state index contributed by atoms with van der Waals surface area (Å²) in [4.78, 5) is 18.2. The van der Waals surface area contributed by atoms with Gasteiger partial charge in [0.05, 0.1) is 10.6 Å². The van der Waals surface area contributed by atoms with Gasteiger partial charge in [-0.2, -0.15) is 0 Å². The monoisotopic (exact) mass is 350 g/mol. The molecule has 0 N–H and O–H groups in total. The highest BCUT2D eigenvalue weighted by molar-refractivity contribution is 6.31. The van der Waals surface area contributed by atoms with Crippen molar-refractivity contribution >= 4 is 29.1 Å². The number of rotatable bonds is 3. The number of nitrogens with zero attached hydrogens (tertiary/aromatic N) is 2. The lowest BCUT2D eigenvalue weighted by Crippen LogP contribution is -2.41. The minimum absolute atomic E-state index is 0.0371. The number of carbonyl (C=O) groups is 1. The van der Waals surface area contributed by atoms with Gasteiger partial charge in [0.15, 0.2) is 0 Å². The van der Waals surface area contributed by atoms with Crippen LogP contribution >= 0.6 is 23.2 Å². The highest BCUT2D eigenvalue weighted by Gasteiger charge is 2.25. The molecule has 1 saturated heterocycles. The second kappa shape index (κ2) is 7.20. The van der Waals surface area contributed by atoms with Gasteiger partial charge < -0.3 is 9.64 Å². The lowest BCUT2D eigenvalue weighted by Gasteiger charge is -2.32. The molecule has 3 rings (SSSR count). The summed E-state index contributed by atoms with van der Waals surface area (Å²) in [5, 5.41) is 1.16. The Kier molecular flexibility index (Phi) is 5.03. The van der Waals surface area contributed by atoms with Crippen LogP contribution in [0.1, 0.15) is 23.2 Å². The third kappa shape index (κ3) is 4.15. The van der Waals surface area contributed by atoms with Crippen molar-refractivity contribution in [3.8, 4) is 5.75 Å². The molecular weight excluding hydrogens is 335 g/mol. The minimum Gasteiger partial charge on any atom is -0.490 e. The molecule has 1 aliphatic rings. The highest BCUT2D eigenvalue weighted by atomic mass is 35.5. The molecular formula is C17H16Cl2N2O2. The van der Waals surface area contributed by atoms with Gasteiger partial charge in [-0.05, 0) is 30.3 Å². The molecule has 0 aliphatic carbocycles. The van der Waals surface area contributed by atoms with Crippen molar-refractivity contribution in [2.45, 2.75) is 18.9 Å². The third-order valence-electron chi connectivity index (χ3n) is 3.80. The average molecular weight is 351 g/mol. The number of pyridine rings is 1. The number of hydrogen-bond donors (Lipinski definition) is 0. The molecule has 1 aromatic carbocycles. The molecule has 1 aliphatic heterocycles. The number of benzene rings is 1. The summed E-state index contributed by atoms with van der Waals surface area (Å²) < 4.78 is 5.93. The van der Waals surface area contributed by atoms with Crippen LogP contribution in [-0.4, -0.2) is 35.0 Å². The number of halogens is 2. The van der Waals surface area contributed by atoms with Crippen LogP contribution in [0, 0.1) is 0 Å². The Morgan fingerprint density at radius 3 is 2.43 bits per heavy atom. The third-order valence-corrected chi connectivity index (χ3v) is 4.26. The molecule has 0 unspecified atom stereocenters. The SMILES string of the molecule is O=C(c1cncc(Cl)c1)N1CCC(Oc2ccc(Cl)cc2)CC1. The van der Waals surface area contributed by atoms with E-state index in [0.717, 1.165) is 18.6 Å². The number of ether oxygens (including phenoxy) is 1. The van der Waals surface area contributed by atoms with Crippen molar-refractivity contribution in [2.24, 2.45) is 0 Å². The van der Waals surface area contributed by atoms with Gasteiger partial charge in [-0.25, -0.2) is 0 Å². The van der Waals surface area contributed by atoms with E-state index in [9.17, 15) is 4.79 Å². The average Bonchev–Trinajstić information content (AvgIpc) is 2.57. The van der Waals surface area contributed by atoms with E-state index in [1.165, 1.54) is 6.20 Å². The Morgan fingerprint density at radius 2 is 1.78 bits per heavy atom. The number of piperidine rings is 1. The molecule has 1 aromatic heterocycles. The number of amides is 1. The van der Waals surface area contributed by atoms with E-state index in [2.05, 4.69) is 4.98 Å². The Morgan fingerprint density at radius 1 is 1.09 bits per heavy atom. The maximum atomic E-state index is 12.4. The molecule has 0 saturated carbocycles. The van der Waals surface area contributed by atoms with Gasteiger partial charge in [0.1, 0.15) is 11.9 Å². The van der Waals surface area contributed by atoms with Gasteiger partial charge in [-0.15, -0.1) is 0 Å². The fraction of sp³-hybridized carbons (Fsp3) is 0.294. The Balaban J connectivity index is 1.55. The highest BCUT2D eigenvalue weighted by Crippen LogP contribution is 2.22. The summed E-state index contributed by atoms with van der Waals surface area (Å²) in [7, 11) is 0. The van der Waals surface area contributed by atoms with Gasteiger partial charge >= 0.3 is 0 Å². The van der Waals surface area contributed by atoms with E-state index in [1.807, 2.05) is 29.2 Å². The maximum absolute atomic E-state index is 12.4. The van der Waals surface area contributed by atoms with Crippen LogP contribution in [0.4, 0.5) is 0 Å². The van der Waals surface area contributed by atoms with Crippen LogP contribution in [0.5, 0.6) is 5.75 Å². The molecule has 2 heterocycles. The number of hydrogen-bond acceptors (Lipinski definition) is 3. The van der Waals surface area contributed by atoms with E-state index in [0.29, 0.717) is 28.7 Å². The summed E-state index contributed by atoms with van der Waals surface area (Å²) in [5.74, 6) is 0.767. The van der Waals surface area contributed by atoms with Crippen molar-refractivity contribution in [1.82, 2.24) is 9.88 Å². The molecule has 0 bridgehead atoms. The van der Waals surface area contributed by atoms with E-state index >= 15 is 0 Å². The Labute approximate surface area is 145 Å². The summed E-state index contributed by atoms with van der Waals surface area (Å²) >= 11 is 11.8. The van der Waals surface area contributed by atoms with Gasteiger partial charge in [0, 0.05) is 43.3 Å². The lowest BCUT2D eigenvalue weighted by molar-refractivity contribution is 0.0595. The quantitative estimate of drug-likeness (QED) is 0.837. The molecule has 0 atom stereocenters. The van der Waals surface area contributed by atoms with E-state index in [1.54, 1.807) is 12.3 Å². The first-order valence-corrected chi connectivity index (χ1v) is 8.19. The summed E-state index contributed by atoms with van der Waals surface area (Å²) in [6.45, 7) is 1.31. The zero-order chi connectivity index (χ0) is 16.2. The molecule has 6 heteroatoms. The van der Waals surface area contributed by atoms with Crippen molar-refractivity contribution in [3.63, 3.8) is 0 Å². The largest absolute Gasteiger partial charge is 0.490 e. The Bertz CT molecular complexity index is 683. The molecule has 1 fully saturated rings. The first-order chi connectivity index (χ1) is 11.1. The van der Waals surface area contributed by atoms with E-state index < -0.39 is 0 Å². The lowest BCUT2D eigenvalue weighted by atomic mass is 10.1. The second-order valence-electron chi connectivity index (χ2n) is 5.46. The maximum Gasteiger partial charge on any atom is 0.255 e. The summed E-state index contributed by atoms with van der Waals surface area (Å²) in [5.41, 5.74) is 0.523. The van der Waals surface area contributed by atoms with Gasteiger partial charge in [0.25, 0.3) is 5.91 Å². The van der Waals surface area contributed by atoms with E-state index in [4.69, 9.17) is 27.9 Å². The van der Waals surface area contributed by atoms with Gasteiger partial charge in [0.2, 0.25) is 0 Å². The molecule has 0 radical (unpaired) electrons. The predicted octanol–water partition coefficient (Wildman–Crippen LogP) is 4.07. The Hall–Kier alpha value is -1.78. The molecule has 2 aromatic rings. The van der Waals surface area contributed by atoms with Gasteiger partial charge in [-0.1, -0.05) is 23.2 Å². The van der Waals surface area contributed by atoms with Crippen LogP contribution in [0.2, 0.25) is 10.0 Å². The second-order valence-corrected chi connectivity index (χ2v) is 6.33. The van der Waals surface area contributed by atoms with Crippen molar-refractivity contribution in [3.05, 3.63) is 58.3 Å². The molecule has 4 nitrogen and oxygen atoms in total. The molecule has 1 amide bonds. The fourth-order valence-electron chi connectivity index (χ4n) is 2.59. The first kappa shape index (κ1) is 16.1. The summed E-state index contributed by atoms with van der Waals surface area (Å²) in [6, 6.07) is 8.98. The zero-order valence-electron chi connectivity index (χ0n) is 12.4. The fourth-order valence-corrected chi connectivity index (χ4v) is 2.89. The van der Waals surface area contributed by atoms with Crippen molar-refractivity contribution < 1.29 is 9.53 Å². The van der Waals surface area contributed by atoms with Crippen molar-refractivity contribution in [1.29, 1.82) is 0 Å². The van der Waals surface area contributed by atoms with Crippen LogP contribution in [0.25, 0.3) is 0 Å². The molecule has 120 valence electrons. The van der Waals surface area contributed by atoms with Crippen LogP contribution in [0.3, 0.4) is 0 Å². The number of aromatic nitrogens is 1. The zero-order valence-corrected chi connectivity index (χ0v) is 13.9. The number of likely N-dealkylation sites (tertiary alicyclic amines) is 1. The van der Waals surface area contributed by atoms with Gasteiger partial charge in [-0.3, -0.25) is 9.78 Å². The predicted molar refractivity (Wildman–Crippen MR) is 90.3 cm³/mol. The number of carbonyl (C=O) groups excluding carboxylic acids is 1. The standard InChI is InChI=1S/C17H16Cl2N2O2/c18-13-1-3-15(4-2-13)23-16-5-7-21(8-6-16)17(22)12-9-14(19)11-20-10-12/h1-4,9-11,16H,5-8H2. The molecule has 23 heavy (non-hydrogen) atoms. The van der Waals surface area contributed by atoms with Crippen molar-refractivity contribution in [2.75, 3.05) is 13.1 Å². The first-order valence-electron chi connectivity index (χ1n) is 7.44. The normalized spacial score (nSPS) is 15.5. The van der Waals surface area contributed by atoms with E-state index in [-0.39, 0.29) is 12.0 Å².